The van der Waals surface area contributed by atoms with Crippen LogP contribution in [0, 0.1) is 0 Å². The van der Waals surface area contributed by atoms with Gasteiger partial charge in [0.25, 0.3) is 5.91 Å². The lowest BCUT2D eigenvalue weighted by Gasteiger charge is -2.36. The summed E-state index contributed by atoms with van der Waals surface area (Å²) in [6.07, 6.45) is 0. The minimum atomic E-state index is 0.0576. The Kier molecular flexibility index (Phi) is 5.84. The van der Waals surface area contributed by atoms with E-state index in [0.29, 0.717) is 25.3 Å². The molecular weight excluding hydrogens is 348 g/mol. The molecule has 5 heteroatoms. The molecule has 136 valence electrons. The molecule has 0 aromatic heterocycles. The number of ether oxygens (including phenoxy) is 1. The maximum atomic E-state index is 12.7. The number of nitrogens with zero attached hydrogens (tertiary/aromatic N) is 2. The number of carbonyl (C=O) groups is 1. The van der Waals surface area contributed by atoms with E-state index >= 15 is 0 Å². The van der Waals surface area contributed by atoms with Crippen LogP contribution in [-0.2, 0) is 0 Å². The Morgan fingerprint density at radius 3 is 2.42 bits per heavy atom. The van der Waals surface area contributed by atoms with Crippen LogP contribution in [0.4, 0.5) is 5.69 Å². The van der Waals surface area contributed by atoms with Crippen LogP contribution in [0.3, 0.4) is 0 Å². The SMILES string of the molecule is C=C(C)COc1ccc(C(=O)N2CCN(c3cccc(Cl)c3)CC2)cc1. The van der Waals surface area contributed by atoms with Crippen LogP contribution < -0.4 is 9.64 Å². The highest BCUT2D eigenvalue weighted by molar-refractivity contribution is 6.30. The molecule has 1 heterocycles. The van der Waals surface area contributed by atoms with Crippen molar-refractivity contribution in [3.63, 3.8) is 0 Å². The van der Waals surface area contributed by atoms with Crippen molar-refractivity contribution >= 4 is 23.2 Å². The normalized spacial score (nSPS) is 14.2. The summed E-state index contributed by atoms with van der Waals surface area (Å²) >= 11 is 6.07. The van der Waals surface area contributed by atoms with Crippen LogP contribution >= 0.6 is 11.6 Å². The molecule has 1 aliphatic rings. The highest BCUT2D eigenvalue weighted by Gasteiger charge is 2.22. The van der Waals surface area contributed by atoms with E-state index in [1.165, 1.54) is 0 Å². The van der Waals surface area contributed by atoms with Crippen LogP contribution in [0.1, 0.15) is 17.3 Å². The summed E-state index contributed by atoms with van der Waals surface area (Å²) in [6, 6.07) is 15.1. The third kappa shape index (κ3) is 4.58. The molecule has 0 radical (unpaired) electrons. The van der Waals surface area contributed by atoms with Crippen molar-refractivity contribution in [3.8, 4) is 5.75 Å². The molecule has 0 atom stereocenters. The molecule has 0 unspecified atom stereocenters. The number of halogens is 1. The van der Waals surface area contributed by atoms with Crippen molar-refractivity contribution in [1.29, 1.82) is 0 Å². The van der Waals surface area contributed by atoms with Gasteiger partial charge in [-0.15, -0.1) is 0 Å². The molecule has 26 heavy (non-hydrogen) atoms. The number of hydrogen-bond donors (Lipinski definition) is 0. The van der Waals surface area contributed by atoms with E-state index in [1.54, 1.807) is 0 Å². The molecule has 0 bridgehead atoms. The van der Waals surface area contributed by atoms with Crippen molar-refractivity contribution in [2.24, 2.45) is 0 Å². The lowest BCUT2D eigenvalue weighted by atomic mass is 10.1. The minimum absolute atomic E-state index is 0.0576. The summed E-state index contributed by atoms with van der Waals surface area (Å²) in [7, 11) is 0. The molecule has 0 saturated carbocycles. The fourth-order valence-electron chi connectivity index (χ4n) is 2.92. The highest BCUT2D eigenvalue weighted by atomic mass is 35.5. The molecule has 0 aliphatic carbocycles. The van der Waals surface area contributed by atoms with Crippen molar-refractivity contribution in [2.75, 3.05) is 37.7 Å². The van der Waals surface area contributed by atoms with Gasteiger partial charge in [0, 0.05) is 42.5 Å². The molecule has 3 rings (SSSR count). The van der Waals surface area contributed by atoms with Crippen molar-refractivity contribution in [3.05, 3.63) is 71.3 Å². The molecule has 1 aliphatic heterocycles. The Labute approximate surface area is 159 Å². The van der Waals surface area contributed by atoms with Crippen molar-refractivity contribution in [1.82, 2.24) is 4.90 Å². The number of piperazine rings is 1. The number of rotatable bonds is 5. The minimum Gasteiger partial charge on any atom is -0.489 e. The van der Waals surface area contributed by atoms with Gasteiger partial charge >= 0.3 is 0 Å². The quantitative estimate of drug-likeness (QED) is 0.737. The van der Waals surface area contributed by atoms with E-state index in [4.69, 9.17) is 16.3 Å². The lowest BCUT2D eigenvalue weighted by molar-refractivity contribution is 0.0746. The summed E-state index contributed by atoms with van der Waals surface area (Å²) in [6.45, 7) is 9.20. The van der Waals surface area contributed by atoms with Gasteiger partial charge in [-0.05, 0) is 55.0 Å². The zero-order valence-electron chi connectivity index (χ0n) is 15.0. The van der Waals surface area contributed by atoms with E-state index in [2.05, 4.69) is 11.5 Å². The first-order valence-electron chi connectivity index (χ1n) is 8.70. The van der Waals surface area contributed by atoms with Crippen LogP contribution in [0.15, 0.2) is 60.7 Å². The smallest absolute Gasteiger partial charge is 0.253 e. The predicted molar refractivity (Wildman–Crippen MR) is 106 cm³/mol. The molecule has 1 saturated heterocycles. The third-order valence-electron chi connectivity index (χ3n) is 4.33. The molecular formula is C21H23ClN2O2. The molecule has 2 aromatic rings. The van der Waals surface area contributed by atoms with Crippen LogP contribution in [-0.4, -0.2) is 43.6 Å². The van der Waals surface area contributed by atoms with Crippen LogP contribution in [0.2, 0.25) is 5.02 Å². The average molecular weight is 371 g/mol. The van der Waals surface area contributed by atoms with Gasteiger partial charge in [-0.25, -0.2) is 0 Å². The van der Waals surface area contributed by atoms with Gasteiger partial charge in [0.2, 0.25) is 0 Å². The van der Waals surface area contributed by atoms with Gasteiger partial charge in [-0.1, -0.05) is 24.2 Å². The molecule has 1 amide bonds. The molecule has 2 aromatic carbocycles. The molecule has 0 N–H and O–H groups in total. The first-order chi connectivity index (χ1) is 12.5. The Morgan fingerprint density at radius 1 is 1.12 bits per heavy atom. The number of anilines is 1. The second-order valence-electron chi connectivity index (χ2n) is 6.53. The Hall–Kier alpha value is -2.46. The number of hydrogen-bond acceptors (Lipinski definition) is 3. The van der Waals surface area contributed by atoms with Gasteiger partial charge in [0.15, 0.2) is 0 Å². The average Bonchev–Trinajstić information content (AvgIpc) is 2.66. The number of carbonyl (C=O) groups excluding carboxylic acids is 1. The van der Waals surface area contributed by atoms with Gasteiger partial charge in [0.1, 0.15) is 12.4 Å². The van der Waals surface area contributed by atoms with Crippen molar-refractivity contribution < 1.29 is 9.53 Å². The zero-order chi connectivity index (χ0) is 18.5. The van der Waals surface area contributed by atoms with Gasteiger partial charge in [-0.3, -0.25) is 4.79 Å². The first kappa shape index (κ1) is 18.3. The lowest BCUT2D eigenvalue weighted by Crippen LogP contribution is -2.48. The summed E-state index contributed by atoms with van der Waals surface area (Å²) in [5, 5.41) is 0.731. The first-order valence-corrected chi connectivity index (χ1v) is 9.08. The molecule has 1 fully saturated rings. The Bertz CT molecular complexity index is 781. The van der Waals surface area contributed by atoms with Crippen LogP contribution in [0.5, 0.6) is 5.75 Å². The van der Waals surface area contributed by atoms with E-state index < -0.39 is 0 Å². The Morgan fingerprint density at radius 2 is 1.81 bits per heavy atom. The fourth-order valence-corrected chi connectivity index (χ4v) is 3.11. The summed E-state index contributed by atoms with van der Waals surface area (Å²) in [4.78, 5) is 16.9. The van der Waals surface area contributed by atoms with E-state index in [0.717, 1.165) is 35.1 Å². The summed E-state index contributed by atoms with van der Waals surface area (Å²) in [5.74, 6) is 0.803. The van der Waals surface area contributed by atoms with Gasteiger partial charge < -0.3 is 14.5 Å². The monoisotopic (exact) mass is 370 g/mol. The maximum Gasteiger partial charge on any atom is 0.253 e. The largest absolute Gasteiger partial charge is 0.489 e. The number of amides is 1. The zero-order valence-corrected chi connectivity index (χ0v) is 15.7. The third-order valence-corrected chi connectivity index (χ3v) is 4.56. The number of benzene rings is 2. The molecule has 0 spiro atoms. The maximum absolute atomic E-state index is 12.7. The second-order valence-corrected chi connectivity index (χ2v) is 6.97. The van der Waals surface area contributed by atoms with E-state index in [9.17, 15) is 4.79 Å². The second kappa shape index (κ2) is 8.28. The van der Waals surface area contributed by atoms with Gasteiger partial charge in [-0.2, -0.15) is 0 Å². The van der Waals surface area contributed by atoms with Crippen LogP contribution in [0.25, 0.3) is 0 Å². The van der Waals surface area contributed by atoms with Crippen molar-refractivity contribution in [2.45, 2.75) is 6.92 Å². The topological polar surface area (TPSA) is 32.8 Å². The standard InChI is InChI=1S/C21H23ClN2O2/c1-16(2)15-26-20-8-6-17(7-9-20)21(25)24-12-10-23(11-13-24)19-5-3-4-18(22)14-19/h3-9,14H,1,10-13,15H2,2H3. The molecule has 4 nitrogen and oxygen atoms in total. The van der Waals surface area contributed by atoms with Gasteiger partial charge in [0.05, 0.1) is 0 Å². The fraction of sp³-hybridized carbons (Fsp3) is 0.286. The van der Waals surface area contributed by atoms with E-state index in [1.807, 2.05) is 60.4 Å². The Balaban J connectivity index is 1.57. The van der Waals surface area contributed by atoms with E-state index in [-0.39, 0.29) is 5.91 Å². The summed E-state index contributed by atoms with van der Waals surface area (Å²) in [5.41, 5.74) is 2.75. The summed E-state index contributed by atoms with van der Waals surface area (Å²) < 4.78 is 5.58. The highest BCUT2D eigenvalue weighted by Crippen LogP contribution is 2.21. The predicted octanol–water partition coefficient (Wildman–Crippen LogP) is 4.26.